The molecular weight excluding hydrogens is 334 g/mol. The second-order valence-electron chi connectivity index (χ2n) is 5.00. The normalized spacial score (nSPS) is 11.7. The SMILES string of the molecule is O=C(O)c1ccccc1C(=O)N[C@@H](CS)Cc1ccccc1Cl. The Balaban J connectivity index is 2.15. The molecular formula is C17H16ClNO3S. The zero-order valence-corrected chi connectivity index (χ0v) is 13.8. The van der Waals surface area contributed by atoms with Crippen molar-refractivity contribution >= 4 is 36.1 Å². The minimum Gasteiger partial charge on any atom is -0.478 e. The molecule has 0 aromatic heterocycles. The Hall–Kier alpha value is -1.98. The largest absolute Gasteiger partial charge is 0.478 e. The molecule has 0 radical (unpaired) electrons. The Bertz CT molecular complexity index is 720. The summed E-state index contributed by atoms with van der Waals surface area (Å²) in [5.41, 5.74) is 1.01. The predicted molar refractivity (Wildman–Crippen MR) is 93.7 cm³/mol. The maximum atomic E-state index is 12.4. The summed E-state index contributed by atoms with van der Waals surface area (Å²) < 4.78 is 0. The summed E-state index contributed by atoms with van der Waals surface area (Å²) in [6.07, 6.45) is 0.518. The number of thiol groups is 1. The summed E-state index contributed by atoms with van der Waals surface area (Å²) >= 11 is 10.4. The fourth-order valence-electron chi connectivity index (χ4n) is 2.22. The molecule has 4 nitrogen and oxygen atoms in total. The van der Waals surface area contributed by atoms with Crippen molar-refractivity contribution in [3.63, 3.8) is 0 Å². The minimum absolute atomic E-state index is 0.0272. The van der Waals surface area contributed by atoms with E-state index in [0.29, 0.717) is 17.2 Å². The highest BCUT2D eigenvalue weighted by Gasteiger charge is 2.19. The third kappa shape index (κ3) is 4.50. The molecule has 2 N–H and O–H groups in total. The molecule has 0 unspecified atom stereocenters. The van der Waals surface area contributed by atoms with Crippen LogP contribution in [0.3, 0.4) is 0 Å². The lowest BCUT2D eigenvalue weighted by Gasteiger charge is -2.18. The summed E-state index contributed by atoms with van der Waals surface area (Å²) in [6.45, 7) is 0. The number of halogens is 1. The molecule has 1 atom stereocenters. The van der Waals surface area contributed by atoms with Crippen LogP contribution < -0.4 is 5.32 Å². The topological polar surface area (TPSA) is 66.4 Å². The summed E-state index contributed by atoms with van der Waals surface area (Å²) in [5.74, 6) is -1.16. The predicted octanol–water partition coefficient (Wildman–Crippen LogP) is 3.31. The molecule has 0 aliphatic heterocycles. The molecule has 120 valence electrons. The highest BCUT2D eigenvalue weighted by Crippen LogP contribution is 2.17. The first kappa shape index (κ1) is 17.4. The standard InChI is InChI=1S/C17H16ClNO3S/c18-15-8-4-1-5-11(15)9-12(10-23)19-16(20)13-6-2-3-7-14(13)17(21)22/h1-8,12,23H,9-10H2,(H,19,20)(H,21,22)/t12-/m1/s1. The average molecular weight is 350 g/mol. The number of hydrogen-bond donors (Lipinski definition) is 3. The van der Waals surface area contributed by atoms with Gasteiger partial charge in [-0.3, -0.25) is 4.79 Å². The third-order valence-electron chi connectivity index (χ3n) is 3.38. The van der Waals surface area contributed by atoms with Crippen molar-refractivity contribution in [2.45, 2.75) is 12.5 Å². The average Bonchev–Trinajstić information content (AvgIpc) is 2.56. The first-order chi connectivity index (χ1) is 11.0. The summed E-state index contributed by atoms with van der Waals surface area (Å²) in [5, 5.41) is 12.6. The van der Waals surface area contributed by atoms with Gasteiger partial charge in [-0.05, 0) is 30.2 Å². The monoisotopic (exact) mass is 349 g/mol. The van der Waals surface area contributed by atoms with Crippen LogP contribution in [0, 0.1) is 0 Å². The third-order valence-corrected chi connectivity index (χ3v) is 4.19. The van der Waals surface area contributed by atoms with Crippen LogP contribution in [0.25, 0.3) is 0 Å². The second kappa shape index (κ2) is 8.04. The smallest absolute Gasteiger partial charge is 0.336 e. The molecule has 0 aliphatic carbocycles. The van der Waals surface area contributed by atoms with E-state index in [-0.39, 0.29) is 17.2 Å². The Morgan fingerprint density at radius 3 is 2.30 bits per heavy atom. The van der Waals surface area contributed by atoms with Crippen molar-refractivity contribution in [2.75, 3.05) is 5.75 Å². The molecule has 0 spiro atoms. The van der Waals surface area contributed by atoms with Crippen LogP contribution in [0.4, 0.5) is 0 Å². The number of aromatic carboxylic acids is 1. The summed E-state index contributed by atoms with van der Waals surface area (Å²) in [4.78, 5) is 23.6. The number of nitrogens with one attached hydrogen (secondary N) is 1. The fraction of sp³-hybridized carbons (Fsp3) is 0.176. The molecule has 0 saturated heterocycles. The fourth-order valence-corrected chi connectivity index (χ4v) is 2.65. The Morgan fingerprint density at radius 2 is 1.70 bits per heavy atom. The summed E-state index contributed by atoms with van der Waals surface area (Å²) in [7, 11) is 0. The van der Waals surface area contributed by atoms with Crippen LogP contribution in [0.1, 0.15) is 26.3 Å². The lowest BCUT2D eigenvalue weighted by atomic mass is 10.0. The first-order valence-electron chi connectivity index (χ1n) is 7.00. The number of benzene rings is 2. The van der Waals surface area contributed by atoms with Gasteiger partial charge in [0.05, 0.1) is 11.1 Å². The van der Waals surface area contributed by atoms with Crippen molar-refractivity contribution in [2.24, 2.45) is 0 Å². The quantitative estimate of drug-likeness (QED) is 0.701. The number of carbonyl (C=O) groups is 2. The van der Waals surface area contributed by atoms with E-state index in [9.17, 15) is 9.59 Å². The minimum atomic E-state index is -1.13. The number of amides is 1. The maximum absolute atomic E-state index is 12.4. The molecule has 2 aromatic carbocycles. The van der Waals surface area contributed by atoms with Crippen molar-refractivity contribution in [1.29, 1.82) is 0 Å². The lowest BCUT2D eigenvalue weighted by molar-refractivity contribution is 0.0690. The molecule has 2 rings (SSSR count). The van der Waals surface area contributed by atoms with Gasteiger partial charge in [0.25, 0.3) is 5.91 Å². The molecule has 0 aliphatic rings. The number of carbonyl (C=O) groups excluding carboxylic acids is 1. The molecule has 23 heavy (non-hydrogen) atoms. The summed E-state index contributed by atoms with van der Waals surface area (Å²) in [6, 6.07) is 13.2. The van der Waals surface area contributed by atoms with Crippen LogP contribution in [0.2, 0.25) is 5.02 Å². The van der Waals surface area contributed by atoms with E-state index in [2.05, 4.69) is 17.9 Å². The van der Waals surface area contributed by atoms with Crippen molar-refractivity contribution in [3.05, 3.63) is 70.2 Å². The van der Waals surface area contributed by atoms with E-state index in [0.717, 1.165) is 5.56 Å². The van der Waals surface area contributed by atoms with Gasteiger partial charge in [0.2, 0.25) is 0 Å². The Labute approximate surface area is 144 Å². The second-order valence-corrected chi connectivity index (χ2v) is 5.77. The van der Waals surface area contributed by atoms with Crippen LogP contribution in [0.5, 0.6) is 0 Å². The highest BCUT2D eigenvalue weighted by molar-refractivity contribution is 7.80. The van der Waals surface area contributed by atoms with E-state index in [1.54, 1.807) is 18.2 Å². The van der Waals surface area contributed by atoms with E-state index in [1.807, 2.05) is 18.2 Å². The maximum Gasteiger partial charge on any atom is 0.336 e. The van der Waals surface area contributed by atoms with E-state index in [4.69, 9.17) is 16.7 Å². The van der Waals surface area contributed by atoms with Crippen LogP contribution in [0.15, 0.2) is 48.5 Å². The molecule has 0 bridgehead atoms. The van der Waals surface area contributed by atoms with Gasteiger partial charge in [-0.2, -0.15) is 12.6 Å². The molecule has 0 heterocycles. The molecule has 1 amide bonds. The molecule has 0 saturated carbocycles. The van der Waals surface area contributed by atoms with Gasteiger partial charge >= 0.3 is 5.97 Å². The molecule has 6 heteroatoms. The van der Waals surface area contributed by atoms with Crippen molar-refractivity contribution in [1.82, 2.24) is 5.32 Å². The zero-order chi connectivity index (χ0) is 16.8. The van der Waals surface area contributed by atoms with Crippen LogP contribution in [-0.2, 0) is 6.42 Å². The van der Waals surface area contributed by atoms with Gasteiger partial charge in [0.1, 0.15) is 0 Å². The van der Waals surface area contributed by atoms with E-state index < -0.39 is 11.9 Å². The first-order valence-corrected chi connectivity index (χ1v) is 8.01. The zero-order valence-electron chi connectivity index (χ0n) is 12.2. The molecule has 2 aromatic rings. The number of carboxylic acid groups (broad SMARTS) is 1. The van der Waals surface area contributed by atoms with Gasteiger partial charge in [-0.1, -0.05) is 41.9 Å². The van der Waals surface area contributed by atoms with Crippen molar-refractivity contribution in [3.8, 4) is 0 Å². The Morgan fingerprint density at radius 1 is 1.09 bits per heavy atom. The van der Waals surface area contributed by atoms with Gasteiger partial charge in [-0.25, -0.2) is 4.79 Å². The van der Waals surface area contributed by atoms with Crippen LogP contribution in [-0.4, -0.2) is 28.8 Å². The Kier molecular flexibility index (Phi) is 6.07. The van der Waals surface area contributed by atoms with Gasteiger partial charge < -0.3 is 10.4 Å². The van der Waals surface area contributed by atoms with Gasteiger partial charge in [0.15, 0.2) is 0 Å². The molecule has 0 fully saturated rings. The van der Waals surface area contributed by atoms with Gasteiger partial charge in [-0.15, -0.1) is 0 Å². The van der Waals surface area contributed by atoms with E-state index in [1.165, 1.54) is 12.1 Å². The lowest BCUT2D eigenvalue weighted by Crippen LogP contribution is -2.38. The van der Waals surface area contributed by atoms with E-state index >= 15 is 0 Å². The van der Waals surface area contributed by atoms with Crippen LogP contribution >= 0.6 is 24.2 Å². The van der Waals surface area contributed by atoms with Crippen molar-refractivity contribution < 1.29 is 14.7 Å². The highest BCUT2D eigenvalue weighted by atomic mass is 35.5. The number of carboxylic acids is 1. The number of hydrogen-bond acceptors (Lipinski definition) is 3. The number of rotatable bonds is 6. The van der Waals surface area contributed by atoms with Gasteiger partial charge in [0, 0.05) is 16.8 Å².